The molecule has 2 aliphatic rings. The number of carbonyl (C=O) groups excluding carboxylic acids is 1. The number of hydrogen-bond donors (Lipinski definition) is 0. The van der Waals surface area contributed by atoms with Crippen molar-refractivity contribution in [3.63, 3.8) is 0 Å². The maximum atomic E-state index is 13.1. The summed E-state index contributed by atoms with van der Waals surface area (Å²) in [6.45, 7) is 11.1. The molecule has 2 saturated heterocycles. The number of carbonyl (C=O) groups is 1. The van der Waals surface area contributed by atoms with Gasteiger partial charge in [0.15, 0.2) is 0 Å². The van der Waals surface area contributed by atoms with E-state index >= 15 is 0 Å². The zero-order valence-electron chi connectivity index (χ0n) is 17.6. The molecule has 0 radical (unpaired) electrons. The third-order valence-electron chi connectivity index (χ3n) is 5.92. The first-order valence-corrected chi connectivity index (χ1v) is 11.5. The highest BCUT2D eigenvalue weighted by atomic mass is 32.1. The highest BCUT2D eigenvalue weighted by molar-refractivity contribution is 7.17. The van der Waals surface area contributed by atoms with Gasteiger partial charge >= 0.3 is 0 Å². The van der Waals surface area contributed by atoms with Crippen LogP contribution in [0, 0.1) is 12.8 Å². The number of morpholine rings is 1. The monoisotopic (exact) mass is 413 g/mol. The number of aromatic nitrogens is 1. The van der Waals surface area contributed by atoms with E-state index < -0.39 is 0 Å². The van der Waals surface area contributed by atoms with Gasteiger partial charge in [-0.2, -0.15) is 0 Å². The molecular formula is C23H31N3O2S. The van der Waals surface area contributed by atoms with Crippen molar-refractivity contribution in [2.24, 2.45) is 5.92 Å². The zero-order chi connectivity index (χ0) is 20.4. The van der Waals surface area contributed by atoms with Gasteiger partial charge in [0.25, 0.3) is 5.91 Å². The van der Waals surface area contributed by atoms with Crippen molar-refractivity contribution < 1.29 is 9.53 Å². The zero-order valence-corrected chi connectivity index (χ0v) is 18.5. The van der Waals surface area contributed by atoms with E-state index in [1.165, 1.54) is 11.3 Å². The second-order valence-electron chi connectivity index (χ2n) is 8.51. The Hall–Kier alpha value is -1.76. The van der Waals surface area contributed by atoms with Crippen LogP contribution in [0.2, 0.25) is 0 Å². The molecule has 0 N–H and O–H groups in total. The van der Waals surface area contributed by atoms with Gasteiger partial charge in [0, 0.05) is 38.3 Å². The van der Waals surface area contributed by atoms with Gasteiger partial charge in [-0.15, -0.1) is 11.3 Å². The van der Waals surface area contributed by atoms with Crippen molar-refractivity contribution in [1.29, 1.82) is 0 Å². The molecule has 0 saturated carbocycles. The minimum Gasteiger partial charge on any atom is -0.373 e. The third-order valence-corrected chi connectivity index (χ3v) is 7.12. The molecule has 5 nitrogen and oxygen atoms in total. The summed E-state index contributed by atoms with van der Waals surface area (Å²) in [6.07, 6.45) is 2.78. The van der Waals surface area contributed by atoms with Gasteiger partial charge in [-0.3, -0.25) is 9.69 Å². The molecule has 2 atom stereocenters. The lowest BCUT2D eigenvalue weighted by molar-refractivity contribution is -0.0728. The molecule has 2 aromatic rings. The number of piperidine rings is 1. The van der Waals surface area contributed by atoms with Gasteiger partial charge in [0.2, 0.25) is 0 Å². The van der Waals surface area contributed by atoms with E-state index in [0.29, 0.717) is 18.1 Å². The summed E-state index contributed by atoms with van der Waals surface area (Å²) in [4.78, 5) is 23.1. The number of hydrogen-bond acceptors (Lipinski definition) is 5. The second kappa shape index (κ2) is 8.94. The van der Waals surface area contributed by atoms with E-state index in [1.54, 1.807) is 0 Å². The summed E-state index contributed by atoms with van der Waals surface area (Å²) in [6, 6.07) is 10.1. The second-order valence-corrected chi connectivity index (χ2v) is 9.51. The van der Waals surface area contributed by atoms with Gasteiger partial charge in [-0.25, -0.2) is 4.98 Å². The maximum absolute atomic E-state index is 13.1. The van der Waals surface area contributed by atoms with Crippen LogP contribution in [0.5, 0.6) is 0 Å². The van der Waals surface area contributed by atoms with E-state index in [-0.39, 0.29) is 5.91 Å². The summed E-state index contributed by atoms with van der Waals surface area (Å²) < 4.78 is 5.85. The molecule has 6 heteroatoms. The third kappa shape index (κ3) is 4.87. The van der Waals surface area contributed by atoms with Crippen molar-refractivity contribution in [3.05, 3.63) is 40.9 Å². The molecule has 0 bridgehead atoms. The Morgan fingerprint density at radius 1 is 1.14 bits per heavy atom. The van der Waals surface area contributed by atoms with Crippen LogP contribution in [0.1, 0.15) is 42.1 Å². The normalized spacial score (nSPS) is 24.0. The van der Waals surface area contributed by atoms with Crippen LogP contribution in [0.25, 0.3) is 10.6 Å². The average Bonchev–Trinajstić information content (AvgIpc) is 3.10. The molecule has 2 fully saturated rings. The average molecular weight is 414 g/mol. The fourth-order valence-electron chi connectivity index (χ4n) is 4.56. The highest BCUT2D eigenvalue weighted by Gasteiger charge is 2.29. The van der Waals surface area contributed by atoms with Crippen LogP contribution in [0.3, 0.4) is 0 Å². The lowest BCUT2D eigenvalue weighted by Gasteiger charge is -2.39. The topological polar surface area (TPSA) is 45.7 Å². The maximum Gasteiger partial charge on any atom is 0.265 e. The molecule has 0 aliphatic carbocycles. The first kappa shape index (κ1) is 20.5. The molecule has 29 heavy (non-hydrogen) atoms. The smallest absolute Gasteiger partial charge is 0.265 e. The molecule has 0 spiro atoms. The Balaban J connectivity index is 1.34. The fourth-order valence-corrected chi connectivity index (χ4v) is 5.60. The molecule has 4 rings (SSSR count). The van der Waals surface area contributed by atoms with Crippen molar-refractivity contribution >= 4 is 17.2 Å². The number of amides is 1. The molecule has 2 aliphatic heterocycles. The van der Waals surface area contributed by atoms with Crippen molar-refractivity contribution in [1.82, 2.24) is 14.8 Å². The van der Waals surface area contributed by atoms with Crippen LogP contribution < -0.4 is 0 Å². The molecule has 1 aromatic heterocycles. The Bertz CT molecular complexity index is 820. The van der Waals surface area contributed by atoms with Crippen LogP contribution >= 0.6 is 11.3 Å². The van der Waals surface area contributed by atoms with Gasteiger partial charge in [0.1, 0.15) is 9.88 Å². The SMILES string of the molecule is Cc1nc(-c2ccccc2)sc1C(=O)N1CCC(CN2CC(C)OC(C)C2)CC1. The number of rotatable bonds is 4. The van der Waals surface area contributed by atoms with E-state index in [0.717, 1.165) is 66.7 Å². The van der Waals surface area contributed by atoms with E-state index in [4.69, 9.17) is 4.74 Å². The van der Waals surface area contributed by atoms with Crippen LogP contribution in [0.4, 0.5) is 0 Å². The van der Waals surface area contributed by atoms with Crippen LogP contribution in [-0.2, 0) is 4.74 Å². The Morgan fingerprint density at radius 3 is 2.45 bits per heavy atom. The summed E-state index contributed by atoms with van der Waals surface area (Å²) >= 11 is 1.52. The van der Waals surface area contributed by atoms with Gasteiger partial charge < -0.3 is 9.64 Å². The van der Waals surface area contributed by atoms with Crippen LogP contribution in [-0.4, -0.2) is 65.6 Å². The van der Waals surface area contributed by atoms with E-state index in [9.17, 15) is 4.79 Å². The van der Waals surface area contributed by atoms with Gasteiger partial charge in [0.05, 0.1) is 17.9 Å². The first-order valence-electron chi connectivity index (χ1n) is 10.7. The minimum absolute atomic E-state index is 0.147. The van der Waals surface area contributed by atoms with E-state index in [1.807, 2.05) is 42.2 Å². The molecular weight excluding hydrogens is 382 g/mol. The Labute approximate surface area is 177 Å². The van der Waals surface area contributed by atoms with Gasteiger partial charge in [-0.1, -0.05) is 30.3 Å². The van der Waals surface area contributed by atoms with Crippen molar-refractivity contribution in [2.45, 2.75) is 45.8 Å². The summed E-state index contributed by atoms with van der Waals surface area (Å²) in [5, 5.41) is 0.928. The minimum atomic E-state index is 0.147. The predicted octanol–water partition coefficient (Wildman–Crippen LogP) is 4.08. The molecule has 1 aromatic carbocycles. The number of likely N-dealkylation sites (tertiary alicyclic amines) is 1. The number of aryl methyl sites for hydroxylation is 1. The Kier molecular flexibility index (Phi) is 6.32. The van der Waals surface area contributed by atoms with E-state index in [2.05, 4.69) is 23.7 Å². The standard InChI is InChI=1S/C23H31N3O2S/c1-16-13-25(14-17(2)28-16)15-19-9-11-26(12-10-19)23(27)21-18(3)24-22(29-21)20-7-5-4-6-8-20/h4-8,16-17,19H,9-15H2,1-3H3. The van der Waals surface area contributed by atoms with Gasteiger partial charge in [-0.05, 0) is 39.5 Å². The highest BCUT2D eigenvalue weighted by Crippen LogP contribution is 2.30. The number of ether oxygens (including phenoxy) is 1. The largest absolute Gasteiger partial charge is 0.373 e. The van der Waals surface area contributed by atoms with Crippen LogP contribution in [0.15, 0.2) is 30.3 Å². The lowest BCUT2D eigenvalue weighted by Crippen LogP contribution is -2.48. The number of benzene rings is 1. The summed E-state index contributed by atoms with van der Waals surface area (Å²) in [7, 11) is 0. The fraction of sp³-hybridized carbons (Fsp3) is 0.565. The number of nitrogens with zero attached hydrogens (tertiary/aromatic N) is 3. The summed E-state index contributed by atoms with van der Waals surface area (Å²) in [5.74, 6) is 0.813. The quantitative estimate of drug-likeness (QED) is 0.758. The lowest BCUT2D eigenvalue weighted by atomic mass is 9.95. The molecule has 1 amide bonds. The first-order chi connectivity index (χ1) is 14.0. The molecule has 156 valence electrons. The predicted molar refractivity (Wildman–Crippen MR) is 117 cm³/mol. The van der Waals surface area contributed by atoms with Crippen molar-refractivity contribution in [3.8, 4) is 10.6 Å². The summed E-state index contributed by atoms with van der Waals surface area (Å²) in [5.41, 5.74) is 1.92. The van der Waals surface area contributed by atoms with Crippen molar-refractivity contribution in [2.75, 3.05) is 32.7 Å². The Morgan fingerprint density at radius 2 is 1.79 bits per heavy atom. The molecule has 2 unspecified atom stereocenters. The molecule has 3 heterocycles. The number of thiazole rings is 1.